The van der Waals surface area contributed by atoms with Crippen LogP contribution in [0.1, 0.15) is 73.9 Å². The van der Waals surface area contributed by atoms with E-state index in [0.29, 0.717) is 24.3 Å². The quantitative estimate of drug-likeness (QED) is 0.0260. The van der Waals surface area contributed by atoms with Crippen LogP contribution < -0.4 is 30.7 Å². The predicted octanol–water partition coefficient (Wildman–Crippen LogP) is 12.8. The average Bonchev–Trinajstić information content (AvgIpc) is 3.37. The van der Waals surface area contributed by atoms with Crippen molar-refractivity contribution in [3.63, 3.8) is 0 Å². The Balaban J connectivity index is 1.05. The first-order chi connectivity index (χ1) is 35.6. The van der Waals surface area contributed by atoms with Gasteiger partial charge in [0.2, 0.25) is 5.41 Å². The van der Waals surface area contributed by atoms with E-state index in [1.165, 1.54) is 24.3 Å². The molecule has 6 aromatic carbocycles. The molecular formula is C57H62F6N4O6S2. The van der Waals surface area contributed by atoms with E-state index in [1.807, 2.05) is 72.8 Å². The van der Waals surface area contributed by atoms with Crippen LogP contribution in [0.2, 0.25) is 0 Å². The van der Waals surface area contributed by atoms with Gasteiger partial charge in [0.15, 0.2) is 19.7 Å². The van der Waals surface area contributed by atoms with Crippen molar-refractivity contribution < 1.29 is 52.7 Å². The molecule has 0 aliphatic heterocycles. The highest BCUT2D eigenvalue weighted by Crippen LogP contribution is 2.57. The number of halogens is 6. The van der Waals surface area contributed by atoms with Crippen molar-refractivity contribution in [1.82, 2.24) is 0 Å². The average molecular weight is 1080 g/mol. The van der Waals surface area contributed by atoms with E-state index in [0.717, 1.165) is 71.9 Å². The van der Waals surface area contributed by atoms with Gasteiger partial charge in [0.25, 0.3) is 0 Å². The van der Waals surface area contributed by atoms with Crippen molar-refractivity contribution in [2.75, 3.05) is 72.2 Å². The molecule has 0 heterocycles. The third kappa shape index (κ3) is 13.9. The lowest BCUT2D eigenvalue weighted by Gasteiger charge is -2.38. The molecule has 0 unspecified atom stereocenters. The first-order valence-corrected chi connectivity index (χ1v) is 27.8. The second-order valence-electron chi connectivity index (χ2n) is 17.6. The third-order valence-corrected chi connectivity index (χ3v) is 16.5. The predicted molar refractivity (Wildman–Crippen MR) is 290 cm³/mol. The summed E-state index contributed by atoms with van der Waals surface area (Å²) >= 11 is 0. The summed E-state index contributed by atoms with van der Waals surface area (Å²) in [5, 5.41) is 0. The van der Waals surface area contributed by atoms with E-state index in [-0.39, 0.29) is 58.9 Å². The second-order valence-corrected chi connectivity index (χ2v) is 21.8. The molecule has 18 heteroatoms. The Kier molecular flexibility index (Phi) is 18.8. The Morgan fingerprint density at radius 2 is 0.747 bits per heavy atom. The lowest BCUT2D eigenvalue weighted by Crippen LogP contribution is -2.54. The molecule has 0 fully saturated rings. The molecule has 6 aromatic rings. The highest BCUT2D eigenvalue weighted by Gasteiger charge is 2.72. The Morgan fingerprint density at radius 3 is 1.01 bits per heavy atom. The normalized spacial score (nSPS) is 12.6. The number of alkyl halides is 6. The van der Waals surface area contributed by atoms with Gasteiger partial charge in [-0.05, 0) is 147 Å². The number of nitrogen functional groups attached to an aromatic ring is 2. The van der Waals surface area contributed by atoms with Gasteiger partial charge in [0.1, 0.15) is 11.5 Å². The van der Waals surface area contributed by atoms with Gasteiger partial charge < -0.3 is 30.7 Å². The smallest absolute Gasteiger partial charge is 0.411 e. The Morgan fingerprint density at radius 1 is 0.453 bits per heavy atom. The zero-order valence-electron chi connectivity index (χ0n) is 42.2. The fourth-order valence-corrected chi connectivity index (χ4v) is 11.2. The van der Waals surface area contributed by atoms with E-state index in [4.69, 9.17) is 20.9 Å². The van der Waals surface area contributed by atoms with Crippen molar-refractivity contribution in [3.05, 3.63) is 167 Å². The molecule has 75 heavy (non-hydrogen) atoms. The highest BCUT2D eigenvalue weighted by atomic mass is 32.2. The molecular weight excluding hydrogens is 1010 g/mol. The SMILES string of the molecule is CCN(CC)c1ccc(/C=C/c2ccc(S(=O)(=O)CCCOc3ccc(C(c4ccc(OCCCS(=O)(=O)c5ccc(/C=C/c6ccc(N(CC)CC)cc6)cc5)c(N)c4)(C(F)(F)F)C(F)(F)F)cc3N)cc2)cc1. The van der Waals surface area contributed by atoms with Crippen molar-refractivity contribution in [3.8, 4) is 11.5 Å². The van der Waals surface area contributed by atoms with Crippen molar-refractivity contribution in [2.45, 2.75) is 68.1 Å². The topological polar surface area (TPSA) is 145 Å². The summed E-state index contributed by atoms with van der Waals surface area (Å²) in [6.07, 6.45) is -4.56. The fourth-order valence-electron chi connectivity index (χ4n) is 8.63. The van der Waals surface area contributed by atoms with E-state index in [9.17, 15) is 16.8 Å². The van der Waals surface area contributed by atoms with Crippen LogP contribution in [0.4, 0.5) is 49.1 Å². The Bertz CT molecular complexity index is 2910. The van der Waals surface area contributed by atoms with Crippen LogP contribution in [0.5, 0.6) is 11.5 Å². The van der Waals surface area contributed by atoms with Crippen LogP contribution in [0.3, 0.4) is 0 Å². The molecule has 0 spiro atoms. The number of hydrogen-bond acceptors (Lipinski definition) is 10. The number of benzene rings is 6. The minimum atomic E-state index is -5.98. The molecule has 6 rings (SSSR count). The zero-order valence-corrected chi connectivity index (χ0v) is 43.8. The molecule has 0 aromatic heterocycles. The molecule has 0 saturated heterocycles. The zero-order chi connectivity index (χ0) is 54.6. The van der Waals surface area contributed by atoms with Gasteiger partial charge in [0, 0.05) is 37.6 Å². The molecule has 0 aliphatic carbocycles. The van der Waals surface area contributed by atoms with E-state index < -0.39 is 59.9 Å². The third-order valence-electron chi connectivity index (χ3n) is 12.8. The number of nitrogens with two attached hydrogens (primary N) is 2. The van der Waals surface area contributed by atoms with Crippen LogP contribution in [0.25, 0.3) is 24.3 Å². The van der Waals surface area contributed by atoms with Gasteiger partial charge in [-0.3, -0.25) is 0 Å². The Labute approximate surface area is 436 Å². The van der Waals surface area contributed by atoms with Gasteiger partial charge in [-0.25, -0.2) is 16.8 Å². The van der Waals surface area contributed by atoms with Crippen molar-refractivity contribution in [2.24, 2.45) is 0 Å². The minimum absolute atomic E-state index is 0.0595. The van der Waals surface area contributed by atoms with Crippen molar-refractivity contribution >= 4 is 66.7 Å². The maximum atomic E-state index is 15.1. The first kappa shape index (κ1) is 57.4. The van der Waals surface area contributed by atoms with Crippen LogP contribution in [-0.4, -0.2) is 80.1 Å². The van der Waals surface area contributed by atoms with E-state index in [1.54, 1.807) is 24.3 Å². The number of hydrogen-bond donors (Lipinski definition) is 2. The van der Waals surface area contributed by atoms with Crippen LogP contribution in [0, 0.1) is 0 Å². The summed E-state index contributed by atoms with van der Waals surface area (Å²) in [6.45, 7) is 11.4. The molecule has 10 nitrogen and oxygen atoms in total. The van der Waals surface area contributed by atoms with Gasteiger partial charge >= 0.3 is 12.4 Å². The monoisotopic (exact) mass is 1080 g/mol. The van der Waals surface area contributed by atoms with Crippen molar-refractivity contribution in [1.29, 1.82) is 0 Å². The molecule has 4 N–H and O–H groups in total. The number of sulfone groups is 2. The molecule has 0 aliphatic rings. The van der Waals surface area contributed by atoms with Gasteiger partial charge in [-0.15, -0.1) is 0 Å². The number of nitrogens with zero attached hydrogens (tertiary/aromatic N) is 2. The molecule has 0 radical (unpaired) electrons. The second kappa shape index (κ2) is 24.6. The number of rotatable bonds is 24. The van der Waals surface area contributed by atoms with Gasteiger partial charge in [-0.2, -0.15) is 26.3 Å². The number of ether oxygens (including phenoxy) is 2. The van der Waals surface area contributed by atoms with Gasteiger partial charge in [0.05, 0.1) is 45.9 Å². The molecule has 0 saturated carbocycles. The first-order valence-electron chi connectivity index (χ1n) is 24.5. The summed E-state index contributed by atoms with van der Waals surface area (Å²) in [5.41, 5.74) is 9.47. The lowest BCUT2D eigenvalue weighted by atomic mass is 9.72. The largest absolute Gasteiger partial charge is 0.491 e. The molecule has 0 atom stereocenters. The molecule has 400 valence electrons. The van der Waals surface area contributed by atoms with Crippen LogP contribution >= 0.6 is 0 Å². The van der Waals surface area contributed by atoms with E-state index in [2.05, 4.69) is 37.5 Å². The minimum Gasteiger partial charge on any atom is -0.491 e. The maximum Gasteiger partial charge on any atom is 0.411 e. The molecule has 0 bridgehead atoms. The fraction of sp³-hybridized carbons (Fsp3) is 0.298. The standard InChI is InChI=1S/C57H62F6N4O6S2/c1-5-66(6-2)47-25-15-41(16-26-47)11-13-43-19-29-49(30-20-43)74(68,69)37-9-35-72-53-33-23-45(39-51(53)64)55(56(58,59)60,57(61,62)63)46-24-34-54(52(65)40-46)73-36-10-38-75(70,71)50-31-21-44(22-32-50)14-12-42-17-27-48(28-18-42)67(7-3)8-4/h11-34,39-40H,5-10,35-38,64-65H2,1-4H3/b13-11+,14-12+. The summed E-state index contributed by atoms with van der Waals surface area (Å²) in [7, 11) is -7.59. The molecule has 0 amide bonds. The summed E-state index contributed by atoms with van der Waals surface area (Å²) < 4.78 is 154. The van der Waals surface area contributed by atoms with E-state index >= 15 is 26.3 Å². The van der Waals surface area contributed by atoms with Crippen LogP contribution in [0.15, 0.2) is 143 Å². The van der Waals surface area contributed by atoms with Crippen LogP contribution in [-0.2, 0) is 25.1 Å². The van der Waals surface area contributed by atoms with Gasteiger partial charge in [-0.1, -0.05) is 85.0 Å². The summed E-state index contributed by atoms with van der Waals surface area (Å²) in [4.78, 5) is 4.58. The maximum absolute atomic E-state index is 15.1. The number of anilines is 4. The summed E-state index contributed by atoms with van der Waals surface area (Å²) in [6, 6.07) is 32.7. The Hall–Kier alpha value is -6.92. The highest BCUT2D eigenvalue weighted by molar-refractivity contribution is 7.91. The lowest BCUT2D eigenvalue weighted by molar-refractivity contribution is -0.288. The summed E-state index contributed by atoms with van der Waals surface area (Å²) in [5.74, 6) is -1.25.